The molecule has 1 N–H and O–H groups in total. The average molecular weight is 262 g/mol. The normalized spacial score (nSPS) is 16.0. The van der Waals surface area contributed by atoms with E-state index >= 15 is 0 Å². The summed E-state index contributed by atoms with van der Waals surface area (Å²) in [6.45, 7) is 0. The molecule has 1 aromatic carbocycles. The maximum absolute atomic E-state index is 11.9. The lowest BCUT2D eigenvalue weighted by atomic mass is 9.95. The monoisotopic (exact) mass is 262 g/mol. The third kappa shape index (κ3) is 3.77. The summed E-state index contributed by atoms with van der Waals surface area (Å²) in [5, 5.41) is 13.8. The van der Waals surface area contributed by atoms with Gasteiger partial charge in [-0.1, -0.05) is 37.5 Å². The van der Waals surface area contributed by atoms with Crippen molar-refractivity contribution in [3.63, 3.8) is 0 Å². The standard InChI is InChI=1S/C14H18N2O3/c17-14(15-12-7-2-1-3-8-12)10-11-6-4-5-9-13(11)16(18)19/h4-6,9,12H,1-3,7-8,10H2,(H,15,17). The third-order valence-corrected chi connectivity index (χ3v) is 3.51. The zero-order valence-electron chi connectivity index (χ0n) is 10.8. The lowest BCUT2D eigenvalue weighted by Gasteiger charge is -2.22. The molecular weight excluding hydrogens is 244 g/mol. The fourth-order valence-corrected chi connectivity index (χ4v) is 2.54. The van der Waals surface area contributed by atoms with Crippen LogP contribution in [0.1, 0.15) is 37.7 Å². The van der Waals surface area contributed by atoms with Crippen molar-refractivity contribution in [2.75, 3.05) is 0 Å². The molecule has 0 aliphatic heterocycles. The van der Waals surface area contributed by atoms with Gasteiger partial charge in [0.05, 0.1) is 11.3 Å². The van der Waals surface area contributed by atoms with E-state index in [1.165, 1.54) is 12.5 Å². The predicted octanol–water partition coefficient (Wildman–Crippen LogP) is 2.59. The van der Waals surface area contributed by atoms with Gasteiger partial charge in [0.2, 0.25) is 5.91 Å². The molecule has 1 aliphatic rings. The number of nitrogens with zero attached hydrogens (tertiary/aromatic N) is 1. The highest BCUT2D eigenvalue weighted by Gasteiger charge is 2.19. The summed E-state index contributed by atoms with van der Waals surface area (Å²) in [7, 11) is 0. The van der Waals surface area contributed by atoms with Gasteiger partial charge in [-0.3, -0.25) is 14.9 Å². The molecule has 5 heteroatoms. The summed E-state index contributed by atoms with van der Waals surface area (Å²) in [5.74, 6) is -0.124. The minimum absolute atomic E-state index is 0.0151. The summed E-state index contributed by atoms with van der Waals surface area (Å²) in [6.07, 6.45) is 5.64. The summed E-state index contributed by atoms with van der Waals surface area (Å²) in [4.78, 5) is 22.3. The van der Waals surface area contributed by atoms with Crippen LogP contribution in [0.25, 0.3) is 0 Å². The summed E-state index contributed by atoms with van der Waals surface area (Å²) < 4.78 is 0. The van der Waals surface area contributed by atoms with E-state index in [9.17, 15) is 14.9 Å². The van der Waals surface area contributed by atoms with E-state index in [0.29, 0.717) is 5.56 Å². The van der Waals surface area contributed by atoms with Crippen LogP contribution >= 0.6 is 0 Å². The molecule has 5 nitrogen and oxygen atoms in total. The van der Waals surface area contributed by atoms with Crippen LogP contribution < -0.4 is 5.32 Å². The van der Waals surface area contributed by atoms with E-state index in [4.69, 9.17) is 0 Å². The van der Waals surface area contributed by atoms with Crippen LogP contribution in [0.2, 0.25) is 0 Å². The molecule has 1 aromatic rings. The maximum Gasteiger partial charge on any atom is 0.273 e. The van der Waals surface area contributed by atoms with E-state index in [2.05, 4.69) is 5.32 Å². The number of nitro benzene ring substituents is 1. The topological polar surface area (TPSA) is 72.2 Å². The maximum atomic E-state index is 11.9. The Labute approximate surface area is 112 Å². The van der Waals surface area contributed by atoms with Gasteiger partial charge in [0.15, 0.2) is 0 Å². The van der Waals surface area contributed by atoms with Crippen LogP contribution in [0.5, 0.6) is 0 Å². The van der Waals surface area contributed by atoms with E-state index < -0.39 is 4.92 Å². The molecule has 1 saturated carbocycles. The first kappa shape index (κ1) is 13.5. The van der Waals surface area contributed by atoms with Gasteiger partial charge in [-0.15, -0.1) is 0 Å². The van der Waals surface area contributed by atoms with Crippen molar-refractivity contribution in [2.45, 2.75) is 44.6 Å². The number of hydrogen-bond donors (Lipinski definition) is 1. The Morgan fingerprint density at radius 2 is 1.95 bits per heavy atom. The fraction of sp³-hybridized carbons (Fsp3) is 0.500. The van der Waals surface area contributed by atoms with Gasteiger partial charge in [-0.25, -0.2) is 0 Å². The highest BCUT2D eigenvalue weighted by Crippen LogP contribution is 2.20. The van der Waals surface area contributed by atoms with Crippen molar-refractivity contribution in [1.82, 2.24) is 5.32 Å². The first-order valence-corrected chi connectivity index (χ1v) is 6.68. The van der Waals surface area contributed by atoms with Gasteiger partial charge >= 0.3 is 0 Å². The summed E-state index contributed by atoms with van der Waals surface area (Å²) in [6, 6.07) is 6.64. The number of para-hydroxylation sites is 1. The molecule has 19 heavy (non-hydrogen) atoms. The first-order chi connectivity index (χ1) is 9.16. The second-order valence-corrected chi connectivity index (χ2v) is 4.97. The molecular formula is C14H18N2O3. The predicted molar refractivity (Wildman–Crippen MR) is 71.8 cm³/mol. The van der Waals surface area contributed by atoms with Crippen LogP contribution in [0.15, 0.2) is 24.3 Å². The Morgan fingerprint density at radius 1 is 1.26 bits per heavy atom. The molecule has 1 aliphatic carbocycles. The van der Waals surface area contributed by atoms with Crippen molar-refractivity contribution in [3.05, 3.63) is 39.9 Å². The van der Waals surface area contributed by atoms with E-state index in [1.54, 1.807) is 18.2 Å². The molecule has 1 fully saturated rings. The Bertz CT molecular complexity index is 468. The number of rotatable bonds is 4. The highest BCUT2D eigenvalue weighted by atomic mass is 16.6. The van der Waals surface area contributed by atoms with Crippen molar-refractivity contribution < 1.29 is 9.72 Å². The Hall–Kier alpha value is -1.91. The lowest BCUT2D eigenvalue weighted by molar-refractivity contribution is -0.385. The molecule has 0 unspecified atom stereocenters. The SMILES string of the molecule is O=C(Cc1ccccc1[N+](=O)[O-])NC1CCCCC1. The number of hydrogen-bond acceptors (Lipinski definition) is 3. The van der Waals surface area contributed by atoms with Gasteiger partial charge in [0, 0.05) is 17.7 Å². The van der Waals surface area contributed by atoms with Crippen molar-refractivity contribution >= 4 is 11.6 Å². The second kappa shape index (κ2) is 6.31. The molecule has 0 saturated heterocycles. The van der Waals surface area contributed by atoms with Crippen LogP contribution in [0.4, 0.5) is 5.69 Å². The van der Waals surface area contributed by atoms with Gasteiger partial charge in [-0.05, 0) is 12.8 Å². The zero-order valence-corrected chi connectivity index (χ0v) is 10.8. The number of carbonyl (C=O) groups is 1. The fourth-order valence-electron chi connectivity index (χ4n) is 2.54. The quantitative estimate of drug-likeness (QED) is 0.669. The largest absolute Gasteiger partial charge is 0.353 e. The second-order valence-electron chi connectivity index (χ2n) is 4.97. The smallest absolute Gasteiger partial charge is 0.273 e. The van der Waals surface area contributed by atoms with Crippen LogP contribution in [0.3, 0.4) is 0 Å². The van der Waals surface area contributed by atoms with Crippen LogP contribution in [-0.2, 0) is 11.2 Å². The van der Waals surface area contributed by atoms with Gasteiger partial charge in [-0.2, -0.15) is 0 Å². The number of nitrogens with one attached hydrogen (secondary N) is 1. The minimum Gasteiger partial charge on any atom is -0.353 e. The zero-order chi connectivity index (χ0) is 13.7. The lowest BCUT2D eigenvalue weighted by Crippen LogP contribution is -2.37. The number of carbonyl (C=O) groups excluding carboxylic acids is 1. The van der Waals surface area contributed by atoms with Gasteiger partial charge in [0.1, 0.15) is 0 Å². The summed E-state index contributed by atoms with van der Waals surface area (Å²) >= 11 is 0. The first-order valence-electron chi connectivity index (χ1n) is 6.68. The molecule has 0 radical (unpaired) electrons. The number of benzene rings is 1. The van der Waals surface area contributed by atoms with Gasteiger partial charge < -0.3 is 5.32 Å². The molecule has 0 bridgehead atoms. The molecule has 0 spiro atoms. The highest BCUT2D eigenvalue weighted by molar-refractivity contribution is 5.80. The third-order valence-electron chi connectivity index (χ3n) is 3.51. The average Bonchev–Trinajstić information content (AvgIpc) is 2.40. The molecule has 1 amide bonds. The minimum atomic E-state index is -0.441. The molecule has 0 aromatic heterocycles. The summed E-state index contributed by atoms with van der Waals surface area (Å²) in [5.41, 5.74) is 0.488. The van der Waals surface area contributed by atoms with Crippen molar-refractivity contribution in [2.24, 2.45) is 0 Å². The molecule has 0 atom stereocenters. The molecule has 0 heterocycles. The Morgan fingerprint density at radius 3 is 2.63 bits per heavy atom. The Balaban J connectivity index is 1.96. The number of nitro groups is 1. The van der Waals surface area contributed by atoms with Crippen LogP contribution in [-0.4, -0.2) is 16.9 Å². The Kier molecular flexibility index (Phi) is 4.49. The molecule has 2 rings (SSSR count). The molecule has 102 valence electrons. The van der Waals surface area contributed by atoms with Crippen molar-refractivity contribution in [1.29, 1.82) is 0 Å². The van der Waals surface area contributed by atoms with Crippen molar-refractivity contribution in [3.8, 4) is 0 Å². The van der Waals surface area contributed by atoms with E-state index in [1.807, 2.05) is 0 Å². The van der Waals surface area contributed by atoms with E-state index in [-0.39, 0.29) is 24.1 Å². The van der Waals surface area contributed by atoms with Gasteiger partial charge in [0.25, 0.3) is 5.69 Å². The number of amides is 1. The van der Waals surface area contributed by atoms with Crippen LogP contribution in [0, 0.1) is 10.1 Å². The van der Waals surface area contributed by atoms with E-state index in [0.717, 1.165) is 25.7 Å².